The lowest BCUT2D eigenvalue weighted by Crippen LogP contribution is -2.08. The fourth-order valence-corrected chi connectivity index (χ4v) is 1.39. The fourth-order valence-electron chi connectivity index (χ4n) is 1.24. The summed E-state index contributed by atoms with van der Waals surface area (Å²) in [7, 11) is 0. The Hall–Kier alpha value is -1.96. The summed E-state index contributed by atoms with van der Waals surface area (Å²) in [6.45, 7) is 0. The molecule has 2 aromatic rings. The van der Waals surface area contributed by atoms with Crippen molar-refractivity contribution < 1.29 is 22.0 Å². The van der Waals surface area contributed by atoms with Crippen molar-refractivity contribution in [3.63, 3.8) is 0 Å². The van der Waals surface area contributed by atoms with Crippen LogP contribution in [0.2, 0.25) is 5.15 Å². The van der Waals surface area contributed by atoms with Crippen LogP contribution in [0.25, 0.3) is 0 Å². The summed E-state index contributed by atoms with van der Waals surface area (Å²) in [6.07, 6.45) is 2.31. The lowest BCUT2D eigenvalue weighted by atomic mass is 10.2. The molecule has 0 fully saturated rings. The Morgan fingerprint density at radius 3 is 1.79 bits per heavy atom. The predicted molar refractivity (Wildman–Crippen MR) is 56.6 cm³/mol. The van der Waals surface area contributed by atoms with E-state index < -0.39 is 34.8 Å². The van der Waals surface area contributed by atoms with Crippen LogP contribution in [-0.2, 0) is 0 Å². The van der Waals surface area contributed by atoms with Gasteiger partial charge in [-0.25, -0.2) is 31.9 Å². The standard InChI is InChI=1S/C10H3ClF5N3/c11-9-10(18-2-1-17-9)19-8-6(15)4(13)3(12)5(14)7(8)16/h1-2H,(H,18,19). The van der Waals surface area contributed by atoms with Crippen molar-refractivity contribution in [2.75, 3.05) is 5.32 Å². The molecule has 1 N–H and O–H groups in total. The molecule has 0 atom stereocenters. The summed E-state index contributed by atoms with van der Waals surface area (Å²) < 4.78 is 65.4. The SMILES string of the molecule is Fc1c(F)c(F)c(Nc2nccnc2Cl)c(F)c1F. The highest BCUT2D eigenvalue weighted by Crippen LogP contribution is 2.30. The molecule has 0 spiro atoms. The fraction of sp³-hybridized carbons (Fsp3) is 0. The van der Waals surface area contributed by atoms with Gasteiger partial charge in [-0.1, -0.05) is 11.6 Å². The van der Waals surface area contributed by atoms with Crippen LogP contribution in [0, 0.1) is 29.1 Å². The summed E-state index contributed by atoms with van der Waals surface area (Å²) in [5, 5.41) is 1.63. The van der Waals surface area contributed by atoms with Crippen LogP contribution in [0.15, 0.2) is 12.4 Å². The molecule has 1 heterocycles. The van der Waals surface area contributed by atoms with Gasteiger partial charge < -0.3 is 5.32 Å². The average Bonchev–Trinajstić information content (AvgIpc) is 2.41. The molecule has 2 rings (SSSR count). The lowest BCUT2D eigenvalue weighted by Gasteiger charge is -2.10. The number of benzene rings is 1. The third-order valence-corrected chi connectivity index (χ3v) is 2.38. The molecule has 0 aliphatic carbocycles. The molecule has 1 aromatic carbocycles. The normalized spacial score (nSPS) is 10.6. The van der Waals surface area contributed by atoms with Crippen LogP contribution in [0.4, 0.5) is 33.5 Å². The zero-order valence-electron chi connectivity index (χ0n) is 8.82. The van der Waals surface area contributed by atoms with Gasteiger partial charge in [0.2, 0.25) is 5.82 Å². The third kappa shape index (κ3) is 2.30. The van der Waals surface area contributed by atoms with E-state index in [0.717, 1.165) is 6.20 Å². The molecule has 0 saturated carbocycles. The van der Waals surface area contributed by atoms with E-state index in [1.165, 1.54) is 6.20 Å². The molecule has 0 bridgehead atoms. The zero-order chi connectivity index (χ0) is 14.2. The number of nitrogens with one attached hydrogen (secondary N) is 1. The van der Waals surface area contributed by atoms with E-state index >= 15 is 0 Å². The summed E-state index contributed by atoms with van der Waals surface area (Å²) in [4.78, 5) is 7.09. The second kappa shape index (κ2) is 4.96. The van der Waals surface area contributed by atoms with Crippen molar-refractivity contribution in [3.05, 3.63) is 46.6 Å². The Labute approximate surface area is 108 Å². The van der Waals surface area contributed by atoms with E-state index in [9.17, 15) is 22.0 Å². The lowest BCUT2D eigenvalue weighted by molar-refractivity contribution is 0.382. The van der Waals surface area contributed by atoms with Crippen molar-refractivity contribution >= 4 is 23.1 Å². The van der Waals surface area contributed by atoms with Gasteiger partial charge in [-0.15, -0.1) is 0 Å². The van der Waals surface area contributed by atoms with Gasteiger partial charge in [-0.2, -0.15) is 0 Å². The van der Waals surface area contributed by atoms with E-state index in [-0.39, 0.29) is 11.0 Å². The van der Waals surface area contributed by atoms with Crippen LogP contribution in [-0.4, -0.2) is 9.97 Å². The van der Waals surface area contributed by atoms with Crippen LogP contribution >= 0.6 is 11.6 Å². The highest BCUT2D eigenvalue weighted by molar-refractivity contribution is 6.31. The zero-order valence-corrected chi connectivity index (χ0v) is 9.57. The number of aromatic nitrogens is 2. The van der Waals surface area contributed by atoms with E-state index in [1.54, 1.807) is 0 Å². The number of rotatable bonds is 2. The number of hydrogen-bond donors (Lipinski definition) is 1. The summed E-state index contributed by atoms with van der Waals surface area (Å²) >= 11 is 5.55. The Kier molecular flexibility index (Phi) is 3.52. The molecule has 1 aromatic heterocycles. The summed E-state index contributed by atoms with van der Waals surface area (Å²) in [6, 6.07) is 0. The van der Waals surface area contributed by atoms with Gasteiger partial charge in [0.1, 0.15) is 5.69 Å². The first-order valence-corrected chi connectivity index (χ1v) is 5.06. The van der Waals surface area contributed by atoms with Gasteiger partial charge in [0.15, 0.2) is 34.2 Å². The number of hydrogen-bond acceptors (Lipinski definition) is 3. The van der Waals surface area contributed by atoms with Crippen molar-refractivity contribution in [1.29, 1.82) is 0 Å². The first-order chi connectivity index (χ1) is 8.93. The molecular weight excluding hydrogens is 293 g/mol. The molecule has 0 saturated heterocycles. The second-order valence-electron chi connectivity index (χ2n) is 3.27. The van der Waals surface area contributed by atoms with E-state index in [1.807, 2.05) is 5.32 Å². The second-order valence-corrected chi connectivity index (χ2v) is 3.62. The quantitative estimate of drug-likeness (QED) is 0.523. The van der Waals surface area contributed by atoms with Crippen molar-refractivity contribution in [2.24, 2.45) is 0 Å². The summed E-state index contributed by atoms with van der Waals surface area (Å²) in [5.74, 6) is -10.8. The monoisotopic (exact) mass is 295 g/mol. The largest absolute Gasteiger partial charge is 0.333 e. The molecule has 100 valence electrons. The smallest absolute Gasteiger partial charge is 0.200 e. The van der Waals surface area contributed by atoms with Crippen LogP contribution < -0.4 is 5.32 Å². The van der Waals surface area contributed by atoms with Crippen molar-refractivity contribution in [1.82, 2.24) is 9.97 Å². The van der Waals surface area contributed by atoms with Gasteiger partial charge in [0.05, 0.1) is 0 Å². The number of halogens is 6. The molecule has 0 amide bonds. The van der Waals surface area contributed by atoms with Crippen LogP contribution in [0.5, 0.6) is 0 Å². The van der Waals surface area contributed by atoms with Gasteiger partial charge in [0, 0.05) is 12.4 Å². The third-order valence-electron chi connectivity index (χ3n) is 2.11. The van der Waals surface area contributed by atoms with Gasteiger partial charge in [0.25, 0.3) is 0 Å². The minimum Gasteiger partial charge on any atom is -0.333 e. The highest BCUT2D eigenvalue weighted by Gasteiger charge is 2.26. The summed E-state index contributed by atoms with van der Waals surface area (Å²) in [5.41, 5.74) is -1.25. The Morgan fingerprint density at radius 2 is 1.26 bits per heavy atom. The highest BCUT2D eigenvalue weighted by atomic mass is 35.5. The van der Waals surface area contributed by atoms with E-state index in [0.29, 0.717) is 0 Å². The van der Waals surface area contributed by atoms with Gasteiger partial charge in [-0.05, 0) is 0 Å². The predicted octanol–water partition coefficient (Wildman–Crippen LogP) is 3.57. The first-order valence-electron chi connectivity index (χ1n) is 4.68. The van der Waals surface area contributed by atoms with Crippen LogP contribution in [0.1, 0.15) is 0 Å². The molecule has 9 heteroatoms. The first kappa shape index (κ1) is 13.5. The minimum absolute atomic E-state index is 0.286. The molecular formula is C10H3ClF5N3. The molecule has 0 radical (unpaired) electrons. The van der Waals surface area contributed by atoms with Crippen molar-refractivity contribution in [2.45, 2.75) is 0 Å². The van der Waals surface area contributed by atoms with Crippen molar-refractivity contribution in [3.8, 4) is 0 Å². The molecule has 0 aliphatic rings. The Morgan fingerprint density at radius 1 is 0.789 bits per heavy atom. The molecule has 0 aliphatic heterocycles. The average molecular weight is 296 g/mol. The Balaban J connectivity index is 2.56. The Bertz CT molecular complexity index is 620. The molecule has 0 unspecified atom stereocenters. The number of nitrogens with zero attached hydrogens (tertiary/aromatic N) is 2. The molecule has 3 nitrogen and oxygen atoms in total. The van der Waals surface area contributed by atoms with Gasteiger partial charge >= 0.3 is 0 Å². The van der Waals surface area contributed by atoms with Gasteiger partial charge in [-0.3, -0.25) is 0 Å². The van der Waals surface area contributed by atoms with E-state index in [2.05, 4.69) is 9.97 Å². The maximum absolute atomic E-state index is 13.3. The topological polar surface area (TPSA) is 37.8 Å². The van der Waals surface area contributed by atoms with E-state index in [4.69, 9.17) is 11.6 Å². The molecule has 19 heavy (non-hydrogen) atoms. The maximum atomic E-state index is 13.3. The van der Waals surface area contributed by atoms with Crippen LogP contribution in [0.3, 0.4) is 0 Å². The maximum Gasteiger partial charge on any atom is 0.200 e. The number of anilines is 2. The minimum atomic E-state index is -2.24.